The Morgan fingerprint density at radius 2 is 1.77 bits per heavy atom. The minimum atomic E-state index is -1.70. The van der Waals surface area contributed by atoms with Gasteiger partial charge in [0, 0.05) is 50.1 Å². The van der Waals surface area contributed by atoms with E-state index < -0.39 is 35.1 Å². The number of aryl methyl sites for hydroxylation is 1. The number of furan rings is 1. The number of benzene rings is 1. The predicted molar refractivity (Wildman–Crippen MR) is 138 cm³/mol. The van der Waals surface area contributed by atoms with Gasteiger partial charge in [-0.15, -0.1) is 6.42 Å². The van der Waals surface area contributed by atoms with Crippen molar-refractivity contribution in [2.45, 2.75) is 19.4 Å². The number of rotatable bonds is 8. The summed E-state index contributed by atoms with van der Waals surface area (Å²) >= 11 is 0. The maximum atomic E-state index is 14.1. The van der Waals surface area contributed by atoms with Gasteiger partial charge in [0.15, 0.2) is 29.0 Å². The molecule has 208 valence electrons. The third-order valence-electron chi connectivity index (χ3n) is 6.28. The normalized spacial score (nSPS) is 14.7. The maximum Gasteiger partial charge on any atom is 0.216 e. The van der Waals surface area contributed by atoms with Crippen LogP contribution in [0.1, 0.15) is 29.1 Å². The summed E-state index contributed by atoms with van der Waals surface area (Å²) in [5, 5.41) is 10.2. The van der Waals surface area contributed by atoms with E-state index in [4.69, 9.17) is 20.6 Å². The van der Waals surface area contributed by atoms with E-state index in [-0.39, 0.29) is 18.2 Å². The molecule has 4 heterocycles. The van der Waals surface area contributed by atoms with Crippen LogP contribution in [0.3, 0.4) is 0 Å². The minimum absolute atomic E-state index is 0.00142. The molecule has 0 spiro atoms. The maximum absolute atomic E-state index is 14.1. The summed E-state index contributed by atoms with van der Waals surface area (Å²) in [5.74, 6) is -3.08. The Hall–Kier alpha value is -4.57. The third kappa shape index (κ3) is 5.86. The number of terminal acetylenes is 1. The monoisotopic (exact) mass is 555 g/mol. The highest BCUT2D eigenvalue weighted by Crippen LogP contribution is 2.31. The second-order valence-corrected chi connectivity index (χ2v) is 9.32. The zero-order chi connectivity index (χ0) is 28.4. The number of H-pyrrole nitrogens is 1. The first kappa shape index (κ1) is 27.0. The van der Waals surface area contributed by atoms with Crippen molar-refractivity contribution >= 4 is 17.5 Å². The number of nitrogens with zero attached hydrogens (tertiary/aromatic N) is 5. The summed E-state index contributed by atoms with van der Waals surface area (Å²) in [5.41, 5.74) is 0.880. The zero-order valence-corrected chi connectivity index (χ0v) is 21.6. The van der Waals surface area contributed by atoms with Gasteiger partial charge in [-0.1, -0.05) is 5.92 Å². The topological polar surface area (TPSA) is 95.3 Å². The van der Waals surface area contributed by atoms with Crippen molar-refractivity contribution in [2.75, 3.05) is 43.4 Å². The number of piperazine rings is 1. The molecule has 1 unspecified atom stereocenters. The van der Waals surface area contributed by atoms with E-state index in [1.165, 1.54) is 6.07 Å². The molecule has 1 aliphatic rings. The lowest BCUT2D eigenvalue weighted by molar-refractivity contribution is 0.202. The highest BCUT2D eigenvalue weighted by Gasteiger charge is 2.25. The van der Waals surface area contributed by atoms with Gasteiger partial charge in [0.25, 0.3) is 0 Å². The molecule has 2 N–H and O–H groups in total. The SMILES string of the molecule is C#CC(Oc1c(F)c(F)cc(F)c1F)c1ccc(Cc2nc(Nc3cc(C)[nH]n3)cc(N3CCN(C)CC3)n2)o1. The van der Waals surface area contributed by atoms with Crippen LogP contribution in [0, 0.1) is 42.5 Å². The van der Waals surface area contributed by atoms with Crippen molar-refractivity contribution in [1.82, 2.24) is 25.1 Å². The molecule has 0 aliphatic carbocycles. The third-order valence-corrected chi connectivity index (χ3v) is 6.28. The van der Waals surface area contributed by atoms with E-state index in [2.05, 4.69) is 43.3 Å². The molecule has 1 aliphatic heterocycles. The molecular weight excluding hydrogens is 530 g/mol. The fourth-order valence-electron chi connectivity index (χ4n) is 4.17. The molecule has 3 aromatic heterocycles. The molecule has 0 radical (unpaired) electrons. The highest BCUT2D eigenvalue weighted by atomic mass is 19.2. The lowest BCUT2D eigenvalue weighted by Crippen LogP contribution is -2.44. The summed E-state index contributed by atoms with van der Waals surface area (Å²) in [7, 11) is 2.06. The largest absolute Gasteiger partial charge is 0.463 e. The molecular formula is C27H25F4N7O2. The van der Waals surface area contributed by atoms with Crippen LogP contribution < -0.4 is 15.0 Å². The summed E-state index contributed by atoms with van der Waals surface area (Å²) in [6.45, 7) is 5.22. The Balaban J connectivity index is 1.39. The molecule has 1 atom stereocenters. The van der Waals surface area contributed by atoms with Gasteiger partial charge in [-0.2, -0.15) is 13.9 Å². The van der Waals surface area contributed by atoms with Gasteiger partial charge in [-0.05, 0) is 26.1 Å². The summed E-state index contributed by atoms with van der Waals surface area (Å²) in [4.78, 5) is 13.7. The smallest absolute Gasteiger partial charge is 0.216 e. The molecule has 0 bridgehead atoms. The van der Waals surface area contributed by atoms with Crippen LogP contribution in [0.15, 0.2) is 34.7 Å². The van der Waals surface area contributed by atoms with Gasteiger partial charge < -0.3 is 24.3 Å². The van der Waals surface area contributed by atoms with Crippen molar-refractivity contribution in [3.63, 3.8) is 0 Å². The van der Waals surface area contributed by atoms with Crippen LogP contribution in [-0.2, 0) is 6.42 Å². The number of aromatic amines is 1. The first-order valence-electron chi connectivity index (χ1n) is 12.3. The van der Waals surface area contributed by atoms with Crippen LogP contribution in [0.4, 0.5) is 35.0 Å². The van der Waals surface area contributed by atoms with E-state index in [0.717, 1.165) is 37.7 Å². The summed E-state index contributed by atoms with van der Waals surface area (Å²) in [6, 6.07) is 6.79. The van der Waals surface area contributed by atoms with E-state index in [1.54, 1.807) is 6.07 Å². The number of anilines is 3. The Kier molecular flexibility index (Phi) is 7.61. The predicted octanol–water partition coefficient (Wildman–Crippen LogP) is 4.50. The number of hydrogen-bond acceptors (Lipinski definition) is 8. The summed E-state index contributed by atoms with van der Waals surface area (Å²) in [6.07, 6.45) is 4.16. The lowest BCUT2D eigenvalue weighted by atomic mass is 10.2. The van der Waals surface area contributed by atoms with Crippen LogP contribution in [0.2, 0.25) is 0 Å². The van der Waals surface area contributed by atoms with E-state index in [9.17, 15) is 17.6 Å². The molecule has 5 rings (SSSR count). The molecule has 0 amide bonds. The van der Waals surface area contributed by atoms with Gasteiger partial charge >= 0.3 is 0 Å². The minimum Gasteiger partial charge on any atom is -0.463 e. The molecule has 1 fully saturated rings. The number of aromatic nitrogens is 4. The fourth-order valence-corrected chi connectivity index (χ4v) is 4.17. The van der Waals surface area contributed by atoms with Crippen LogP contribution in [0.25, 0.3) is 0 Å². The Bertz CT molecular complexity index is 1530. The molecule has 1 saturated heterocycles. The zero-order valence-electron chi connectivity index (χ0n) is 21.6. The quantitative estimate of drug-likeness (QED) is 0.187. The van der Waals surface area contributed by atoms with Gasteiger partial charge in [-0.3, -0.25) is 5.10 Å². The van der Waals surface area contributed by atoms with E-state index in [1.807, 2.05) is 19.1 Å². The van der Waals surface area contributed by atoms with Crippen molar-refractivity contribution in [2.24, 2.45) is 0 Å². The molecule has 13 heteroatoms. The molecule has 40 heavy (non-hydrogen) atoms. The van der Waals surface area contributed by atoms with Crippen LogP contribution in [0.5, 0.6) is 5.75 Å². The standard InChI is InChI=1S/C27H25F4N7O2/c1-4-19(40-27-25(30)17(28)13-18(29)26(27)31)20-6-5-16(39-20)12-21-32-22(33-23-11-15(2)35-36-23)14-24(34-21)38-9-7-37(3)8-10-38/h1,5-6,11,13-14,19H,7-10,12H2,2-3H3,(H2,32,33,34,35,36). The molecule has 4 aromatic rings. The first-order chi connectivity index (χ1) is 19.2. The van der Waals surface area contributed by atoms with Crippen LogP contribution >= 0.6 is 0 Å². The Labute approximate surface area is 227 Å². The van der Waals surface area contributed by atoms with Crippen molar-refractivity contribution in [3.8, 4) is 18.1 Å². The van der Waals surface area contributed by atoms with Gasteiger partial charge in [0.2, 0.25) is 17.7 Å². The number of likely N-dealkylation sites (N-methyl/N-ethyl adjacent to an activating group) is 1. The molecule has 0 saturated carbocycles. The number of nitrogens with one attached hydrogen (secondary N) is 2. The van der Waals surface area contributed by atoms with E-state index in [0.29, 0.717) is 23.2 Å². The summed E-state index contributed by atoms with van der Waals surface area (Å²) < 4.78 is 66.3. The number of hydrogen-bond donors (Lipinski definition) is 2. The molecule has 1 aromatic carbocycles. The van der Waals surface area contributed by atoms with Gasteiger partial charge in [0.05, 0.1) is 6.42 Å². The van der Waals surface area contributed by atoms with Crippen molar-refractivity contribution in [3.05, 3.63) is 76.6 Å². The Morgan fingerprint density at radius 3 is 2.42 bits per heavy atom. The van der Waals surface area contributed by atoms with Gasteiger partial charge in [-0.25, -0.2) is 18.7 Å². The van der Waals surface area contributed by atoms with Crippen molar-refractivity contribution in [1.29, 1.82) is 0 Å². The number of halogens is 4. The van der Waals surface area contributed by atoms with Crippen molar-refractivity contribution < 1.29 is 26.7 Å². The average molecular weight is 556 g/mol. The van der Waals surface area contributed by atoms with Gasteiger partial charge in [0.1, 0.15) is 23.2 Å². The Morgan fingerprint density at radius 1 is 1.05 bits per heavy atom. The van der Waals surface area contributed by atoms with E-state index >= 15 is 0 Å². The second kappa shape index (κ2) is 11.3. The van der Waals surface area contributed by atoms with Crippen LogP contribution in [-0.4, -0.2) is 58.3 Å². The highest BCUT2D eigenvalue weighted by molar-refractivity contribution is 5.57. The fraction of sp³-hybridized carbons (Fsp3) is 0.296. The molecule has 9 nitrogen and oxygen atoms in total. The first-order valence-corrected chi connectivity index (χ1v) is 12.3. The number of ether oxygens (including phenoxy) is 1. The lowest BCUT2D eigenvalue weighted by Gasteiger charge is -2.33. The second-order valence-electron chi connectivity index (χ2n) is 9.32. The average Bonchev–Trinajstić information content (AvgIpc) is 3.56.